The minimum atomic E-state index is 0.0473. The van der Waals surface area contributed by atoms with E-state index in [1.165, 1.54) is 5.56 Å². The maximum Gasteiger partial charge on any atom is 0.124 e. The van der Waals surface area contributed by atoms with Crippen molar-refractivity contribution in [3.05, 3.63) is 65.7 Å². The van der Waals surface area contributed by atoms with E-state index in [4.69, 9.17) is 9.47 Å². The number of morpholine rings is 1. The molecule has 2 atom stereocenters. The second-order valence-electron chi connectivity index (χ2n) is 4.94. The van der Waals surface area contributed by atoms with Crippen molar-refractivity contribution < 1.29 is 9.47 Å². The van der Waals surface area contributed by atoms with Crippen LogP contribution in [0.4, 0.5) is 0 Å². The zero-order valence-electron chi connectivity index (χ0n) is 11.6. The van der Waals surface area contributed by atoms with E-state index in [9.17, 15) is 0 Å². The number of para-hydroxylation sites is 1. The fourth-order valence-electron chi connectivity index (χ4n) is 2.61. The molecule has 1 heterocycles. The molecule has 3 heteroatoms. The summed E-state index contributed by atoms with van der Waals surface area (Å²) in [7, 11) is 1.70. The lowest BCUT2D eigenvalue weighted by atomic mass is 10.0. The molecule has 1 aliphatic rings. The van der Waals surface area contributed by atoms with Crippen LogP contribution in [0.15, 0.2) is 54.6 Å². The van der Waals surface area contributed by atoms with Gasteiger partial charge in [0.25, 0.3) is 0 Å². The van der Waals surface area contributed by atoms with E-state index in [1.807, 2.05) is 24.3 Å². The molecule has 1 fully saturated rings. The zero-order chi connectivity index (χ0) is 13.8. The van der Waals surface area contributed by atoms with Crippen LogP contribution in [0.5, 0.6) is 5.75 Å². The van der Waals surface area contributed by atoms with Crippen LogP contribution in [0.2, 0.25) is 0 Å². The minimum Gasteiger partial charge on any atom is -0.496 e. The van der Waals surface area contributed by atoms with Crippen molar-refractivity contribution in [3.8, 4) is 5.75 Å². The van der Waals surface area contributed by atoms with Gasteiger partial charge in [0.2, 0.25) is 0 Å². The Morgan fingerprint density at radius 3 is 2.50 bits per heavy atom. The fourth-order valence-corrected chi connectivity index (χ4v) is 2.61. The van der Waals surface area contributed by atoms with Crippen molar-refractivity contribution in [1.82, 2.24) is 5.32 Å². The minimum absolute atomic E-state index is 0.0473. The number of hydrogen-bond donors (Lipinski definition) is 1. The summed E-state index contributed by atoms with van der Waals surface area (Å²) in [5, 5.41) is 3.55. The van der Waals surface area contributed by atoms with E-state index in [1.54, 1.807) is 7.11 Å². The summed E-state index contributed by atoms with van der Waals surface area (Å²) in [5.41, 5.74) is 2.37. The number of rotatable bonds is 3. The highest BCUT2D eigenvalue weighted by Gasteiger charge is 2.25. The van der Waals surface area contributed by atoms with Gasteiger partial charge in [0.05, 0.1) is 25.9 Å². The summed E-state index contributed by atoms with van der Waals surface area (Å²) in [4.78, 5) is 0. The molecular formula is C17H19NO2. The molecule has 2 unspecified atom stereocenters. The number of hydrogen-bond acceptors (Lipinski definition) is 3. The summed E-state index contributed by atoms with van der Waals surface area (Å²) >= 11 is 0. The van der Waals surface area contributed by atoms with Crippen molar-refractivity contribution in [3.63, 3.8) is 0 Å². The number of ether oxygens (including phenoxy) is 2. The van der Waals surface area contributed by atoms with Gasteiger partial charge in [-0.25, -0.2) is 0 Å². The molecule has 2 aromatic carbocycles. The normalized spacial score (nSPS) is 22.4. The van der Waals surface area contributed by atoms with Crippen molar-refractivity contribution >= 4 is 0 Å². The number of methoxy groups -OCH3 is 1. The third-order valence-corrected chi connectivity index (χ3v) is 3.70. The Morgan fingerprint density at radius 2 is 1.80 bits per heavy atom. The highest BCUT2D eigenvalue weighted by molar-refractivity contribution is 5.35. The molecule has 3 nitrogen and oxygen atoms in total. The first kappa shape index (κ1) is 13.2. The first-order chi connectivity index (χ1) is 9.88. The Morgan fingerprint density at radius 1 is 1.05 bits per heavy atom. The first-order valence-electron chi connectivity index (χ1n) is 6.91. The molecule has 20 heavy (non-hydrogen) atoms. The third-order valence-electron chi connectivity index (χ3n) is 3.70. The lowest BCUT2D eigenvalue weighted by Crippen LogP contribution is -2.36. The van der Waals surface area contributed by atoms with Crippen LogP contribution in [0.25, 0.3) is 0 Å². The van der Waals surface area contributed by atoms with Gasteiger partial charge in [-0.1, -0.05) is 48.5 Å². The summed E-state index contributed by atoms with van der Waals surface area (Å²) in [5.74, 6) is 0.887. The van der Waals surface area contributed by atoms with Crippen LogP contribution in [-0.2, 0) is 4.74 Å². The Labute approximate surface area is 119 Å². The molecule has 0 aliphatic carbocycles. The second-order valence-corrected chi connectivity index (χ2v) is 4.94. The monoisotopic (exact) mass is 269 g/mol. The van der Waals surface area contributed by atoms with E-state index in [2.05, 4.69) is 35.6 Å². The third kappa shape index (κ3) is 2.69. The standard InChI is InChI=1S/C17H19NO2/c1-19-16-10-6-5-9-14(16)17-11-18-15(12-20-17)13-7-3-2-4-8-13/h2-10,15,17-18H,11-12H2,1H3. The topological polar surface area (TPSA) is 30.5 Å². The Balaban J connectivity index is 1.70. The summed E-state index contributed by atoms with van der Waals surface area (Å²) < 4.78 is 11.4. The van der Waals surface area contributed by atoms with E-state index in [-0.39, 0.29) is 12.1 Å². The maximum atomic E-state index is 6.03. The van der Waals surface area contributed by atoms with E-state index in [0.717, 1.165) is 17.9 Å². The SMILES string of the molecule is COc1ccccc1C1CNC(c2ccccc2)CO1. The smallest absolute Gasteiger partial charge is 0.124 e. The van der Waals surface area contributed by atoms with Gasteiger partial charge in [-0.3, -0.25) is 0 Å². The number of benzene rings is 2. The molecular weight excluding hydrogens is 250 g/mol. The number of nitrogens with one attached hydrogen (secondary N) is 1. The van der Waals surface area contributed by atoms with Gasteiger partial charge in [-0.15, -0.1) is 0 Å². The van der Waals surface area contributed by atoms with Crippen LogP contribution in [0, 0.1) is 0 Å². The summed E-state index contributed by atoms with van der Waals surface area (Å²) in [6, 6.07) is 18.7. The molecule has 3 rings (SSSR count). The van der Waals surface area contributed by atoms with E-state index in [0.29, 0.717) is 6.61 Å². The molecule has 1 saturated heterocycles. The molecule has 0 amide bonds. The molecule has 0 radical (unpaired) electrons. The fraction of sp³-hybridized carbons (Fsp3) is 0.294. The highest BCUT2D eigenvalue weighted by atomic mass is 16.5. The summed E-state index contributed by atoms with van der Waals surface area (Å²) in [6.07, 6.45) is 0.0473. The Bertz CT molecular complexity index is 548. The molecule has 1 aliphatic heterocycles. The van der Waals surface area contributed by atoms with Crippen LogP contribution in [0.1, 0.15) is 23.3 Å². The predicted octanol–water partition coefficient (Wildman–Crippen LogP) is 3.10. The van der Waals surface area contributed by atoms with E-state index < -0.39 is 0 Å². The molecule has 2 aromatic rings. The second kappa shape index (κ2) is 6.07. The molecule has 1 N–H and O–H groups in total. The van der Waals surface area contributed by atoms with Crippen molar-refractivity contribution in [2.75, 3.05) is 20.3 Å². The van der Waals surface area contributed by atoms with Gasteiger partial charge >= 0.3 is 0 Å². The predicted molar refractivity (Wildman–Crippen MR) is 78.9 cm³/mol. The van der Waals surface area contributed by atoms with Crippen LogP contribution < -0.4 is 10.1 Å². The van der Waals surface area contributed by atoms with Crippen LogP contribution in [0.3, 0.4) is 0 Å². The Kier molecular flexibility index (Phi) is 4.00. The molecule has 0 spiro atoms. The molecule has 104 valence electrons. The van der Waals surface area contributed by atoms with Crippen LogP contribution in [-0.4, -0.2) is 20.3 Å². The summed E-state index contributed by atoms with van der Waals surface area (Å²) in [6.45, 7) is 1.46. The quantitative estimate of drug-likeness (QED) is 0.928. The molecule has 0 bridgehead atoms. The van der Waals surface area contributed by atoms with Crippen molar-refractivity contribution in [2.45, 2.75) is 12.1 Å². The van der Waals surface area contributed by atoms with Crippen molar-refractivity contribution in [1.29, 1.82) is 0 Å². The van der Waals surface area contributed by atoms with Gasteiger partial charge in [-0.05, 0) is 11.6 Å². The Hall–Kier alpha value is -1.84. The zero-order valence-corrected chi connectivity index (χ0v) is 11.6. The van der Waals surface area contributed by atoms with Crippen LogP contribution >= 0.6 is 0 Å². The van der Waals surface area contributed by atoms with Gasteiger partial charge in [0.15, 0.2) is 0 Å². The van der Waals surface area contributed by atoms with Gasteiger partial charge in [0.1, 0.15) is 5.75 Å². The molecule has 0 saturated carbocycles. The maximum absolute atomic E-state index is 6.03. The van der Waals surface area contributed by atoms with Gasteiger partial charge in [-0.2, -0.15) is 0 Å². The lowest BCUT2D eigenvalue weighted by Gasteiger charge is -2.31. The highest BCUT2D eigenvalue weighted by Crippen LogP contribution is 2.31. The molecule has 0 aromatic heterocycles. The van der Waals surface area contributed by atoms with Gasteiger partial charge in [0, 0.05) is 12.1 Å². The van der Waals surface area contributed by atoms with Crippen molar-refractivity contribution in [2.24, 2.45) is 0 Å². The average molecular weight is 269 g/mol. The largest absolute Gasteiger partial charge is 0.496 e. The average Bonchev–Trinajstić information content (AvgIpc) is 2.56. The first-order valence-corrected chi connectivity index (χ1v) is 6.91. The van der Waals surface area contributed by atoms with Gasteiger partial charge < -0.3 is 14.8 Å². The lowest BCUT2D eigenvalue weighted by molar-refractivity contribution is 0.00120. The van der Waals surface area contributed by atoms with E-state index >= 15 is 0 Å².